The van der Waals surface area contributed by atoms with Gasteiger partial charge in [0.15, 0.2) is 4.34 Å². The minimum absolute atomic E-state index is 0.312. The van der Waals surface area contributed by atoms with E-state index in [0.29, 0.717) is 15.2 Å². The molecule has 1 heterocycles. The van der Waals surface area contributed by atoms with Gasteiger partial charge < -0.3 is 10.4 Å². The molecule has 23 heavy (non-hydrogen) atoms. The number of hydrogen-bond acceptors (Lipinski definition) is 6. The van der Waals surface area contributed by atoms with Gasteiger partial charge in [-0.2, -0.15) is 0 Å². The van der Waals surface area contributed by atoms with Crippen LogP contribution >= 0.6 is 23.1 Å². The van der Waals surface area contributed by atoms with Crippen LogP contribution in [0, 0.1) is 13.8 Å². The third-order valence-electron chi connectivity index (χ3n) is 3.02. The minimum Gasteiger partial charge on any atom is -0.480 e. The van der Waals surface area contributed by atoms with Gasteiger partial charge >= 0.3 is 12.0 Å². The Labute approximate surface area is 141 Å². The van der Waals surface area contributed by atoms with Gasteiger partial charge in [0.05, 0.1) is 0 Å². The highest BCUT2D eigenvalue weighted by Crippen LogP contribution is 2.29. The molecule has 0 fully saturated rings. The van der Waals surface area contributed by atoms with E-state index >= 15 is 0 Å². The molecule has 7 nitrogen and oxygen atoms in total. The summed E-state index contributed by atoms with van der Waals surface area (Å²) in [6, 6.07) is 5.20. The van der Waals surface area contributed by atoms with E-state index in [1.165, 1.54) is 0 Å². The Kier molecular flexibility index (Phi) is 5.56. The predicted molar refractivity (Wildman–Crippen MR) is 91.4 cm³/mol. The molecule has 122 valence electrons. The van der Waals surface area contributed by atoms with Crippen molar-refractivity contribution in [3.63, 3.8) is 0 Å². The van der Waals surface area contributed by atoms with Gasteiger partial charge in [0.2, 0.25) is 5.13 Å². The fourth-order valence-electron chi connectivity index (χ4n) is 1.59. The molecule has 0 spiro atoms. The zero-order valence-corrected chi connectivity index (χ0v) is 14.4. The van der Waals surface area contributed by atoms with Gasteiger partial charge in [-0.05, 0) is 44.0 Å². The van der Waals surface area contributed by atoms with Crippen molar-refractivity contribution in [3.8, 4) is 0 Å². The second-order valence-corrected chi connectivity index (χ2v) is 7.42. The Hall–Kier alpha value is -2.13. The van der Waals surface area contributed by atoms with E-state index in [0.717, 1.165) is 34.2 Å². The fraction of sp³-hybridized carbons (Fsp3) is 0.286. The van der Waals surface area contributed by atoms with Crippen LogP contribution in [0.15, 0.2) is 22.5 Å². The minimum atomic E-state index is -0.924. The quantitative estimate of drug-likeness (QED) is 0.563. The largest absolute Gasteiger partial charge is 0.480 e. The summed E-state index contributed by atoms with van der Waals surface area (Å²) in [6.07, 6.45) is 0. The number of nitrogens with zero attached hydrogens (tertiary/aromatic N) is 2. The number of urea groups is 1. The Morgan fingerprint density at radius 1 is 1.22 bits per heavy atom. The summed E-state index contributed by atoms with van der Waals surface area (Å²) in [6.45, 7) is 5.53. The van der Waals surface area contributed by atoms with Crippen LogP contribution in [0.2, 0.25) is 0 Å². The molecule has 1 aromatic heterocycles. The second kappa shape index (κ2) is 7.42. The van der Waals surface area contributed by atoms with Crippen LogP contribution in [-0.4, -0.2) is 32.6 Å². The van der Waals surface area contributed by atoms with Crippen molar-refractivity contribution in [2.24, 2.45) is 0 Å². The molecule has 0 saturated heterocycles. The molecule has 2 amide bonds. The van der Waals surface area contributed by atoms with E-state index in [1.54, 1.807) is 6.92 Å². The molecule has 1 atom stereocenters. The van der Waals surface area contributed by atoms with E-state index < -0.39 is 17.3 Å². The maximum Gasteiger partial charge on any atom is 0.325 e. The maximum absolute atomic E-state index is 11.9. The van der Waals surface area contributed by atoms with Gasteiger partial charge in [0.25, 0.3) is 0 Å². The number of thioether (sulfide) groups is 1. The van der Waals surface area contributed by atoms with Crippen LogP contribution in [0.5, 0.6) is 0 Å². The van der Waals surface area contributed by atoms with E-state index in [4.69, 9.17) is 5.11 Å². The number of benzene rings is 1. The number of carboxylic acid groups (broad SMARTS) is 1. The first-order valence-corrected chi connectivity index (χ1v) is 8.43. The fourth-order valence-corrected chi connectivity index (χ4v) is 3.41. The van der Waals surface area contributed by atoms with E-state index in [1.807, 2.05) is 32.0 Å². The smallest absolute Gasteiger partial charge is 0.325 e. The Morgan fingerprint density at radius 2 is 1.96 bits per heavy atom. The highest BCUT2D eigenvalue weighted by atomic mass is 32.2. The summed E-state index contributed by atoms with van der Waals surface area (Å²) < 4.78 is 0.487. The van der Waals surface area contributed by atoms with Crippen molar-refractivity contribution < 1.29 is 14.7 Å². The third kappa shape index (κ3) is 4.93. The van der Waals surface area contributed by atoms with E-state index in [2.05, 4.69) is 20.8 Å². The standard InChI is InChI=1S/C14H16N4O3S2/c1-7-4-5-10(6-8(7)2)15-12(21)16-13-17-18-14(23-13)22-9(3)11(19)20/h4-6,9H,1-3H3,(H,19,20)(H2,15,16,17,21)/t9-/m1/s1. The SMILES string of the molecule is Cc1ccc(NC(=O)Nc2nnc(S[C@H](C)C(=O)O)s2)cc1C. The molecule has 0 aliphatic heterocycles. The first kappa shape index (κ1) is 17.2. The number of carbonyl (C=O) groups excluding carboxylic acids is 1. The lowest BCUT2D eigenvalue weighted by Crippen LogP contribution is -2.19. The Balaban J connectivity index is 1.94. The lowest BCUT2D eigenvalue weighted by atomic mass is 10.1. The van der Waals surface area contributed by atoms with Crippen LogP contribution < -0.4 is 10.6 Å². The van der Waals surface area contributed by atoms with Gasteiger partial charge in [0, 0.05) is 5.69 Å². The van der Waals surface area contributed by atoms with Crippen LogP contribution in [0.1, 0.15) is 18.1 Å². The molecule has 2 rings (SSSR count). The number of anilines is 2. The van der Waals surface area contributed by atoms with Gasteiger partial charge in [-0.3, -0.25) is 10.1 Å². The molecule has 9 heteroatoms. The molecule has 0 saturated carbocycles. The molecular formula is C14H16N4O3S2. The first-order valence-electron chi connectivity index (χ1n) is 6.73. The number of hydrogen-bond donors (Lipinski definition) is 3. The van der Waals surface area contributed by atoms with Crippen molar-refractivity contribution >= 4 is 45.9 Å². The van der Waals surface area contributed by atoms with Crippen LogP contribution in [0.3, 0.4) is 0 Å². The zero-order chi connectivity index (χ0) is 17.0. The lowest BCUT2D eigenvalue weighted by Gasteiger charge is -2.07. The maximum atomic E-state index is 11.9. The molecular weight excluding hydrogens is 336 g/mol. The normalized spacial score (nSPS) is 11.8. The number of amides is 2. The van der Waals surface area contributed by atoms with Crippen molar-refractivity contribution in [2.45, 2.75) is 30.4 Å². The van der Waals surface area contributed by atoms with Crippen LogP contribution in [0.25, 0.3) is 0 Å². The van der Waals surface area contributed by atoms with Gasteiger partial charge in [-0.25, -0.2) is 4.79 Å². The topological polar surface area (TPSA) is 104 Å². The number of aliphatic carboxylic acids is 1. The molecule has 1 aromatic carbocycles. The number of aromatic nitrogens is 2. The van der Waals surface area contributed by atoms with Gasteiger partial charge in [0.1, 0.15) is 5.25 Å². The van der Waals surface area contributed by atoms with Gasteiger partial charge in [-0.1, -0.05) is 29.2 Å². The highest BCUT2D eigenvalue weighted by Gasteiger charge is 2.16. The number of nitrogens with one attached hydrogen (secondary N) is 2. The van der Waals surface area contributed by atoms with E-state index in [9.17, 15) is 9.59 Å². The lowest BCUT2D eigenvalue weighted by molar-refractivity contribution is -0.136. The third-order valence-corrected chi connectivity index (χ3v) is 5.03. The Bertz CT molecular complexity index is 733. The molecule has 3 N–H and O–H groups in total. The van der Waals surface area contributed by atoms with Crippen LogP contribution in [-0.2, 0) is 4.79 Å². The summed E-state index contributed by atoms with van der Waals surface area (Å²) in [5, 5.41) is 21.5. The summed E-state index contributed by atoms with van der Waals surface area (Å²) in [5.74, 6) is -0.924. The Morgan fingerprint density at radius 3 is 2.61 bits per heavy atom. The summed E-state index contributed by atoms with van der Waals surface area (Å²) >= 11 is 2.21. The van der Waals surface area contributed by atoms with Crippen molar-refractivity contribution in [3.05, 3.63) is 29.3 Å². The summed E-state index contributed by atoms with van der Waals surface area (Å²) in [7, 11) is 0. The molecule has 0 radical (unpaired) electrons. The molecule has 2 aromatic rings. The molecule has 0 unspecified atom stereocenters. The second-order valence-electron chi connectivity index (χ2n) is 4.85. The first-order chi connectivity index (χ1) is 10.8. The molecule has 0 aliphatic rings. The number of carboxylic acids is 1. The number of carbonyl (C=O) groups is 2. The summed E-state index contributed by atoms with van der Waals surface area (Å²) in [4.78, 5) is 22.7. The number of aryl methyl sites for hydroxylation is 2. The van der Waals surface area contributed by atoms with Gasteiger partial charge in [-0.15, -0.1) is 10.2 Å². The number of rotatable bonds is 5. The zero-order valence-electron chi connectivity index (χ0n) is 12.8. The highest BCUT2D eigenvalue weighted by molar-refractivity contribution is 8.02. The predicted octanol–water partition coefficient (Wildman–Crippen LogP) is 3.36. The van der Waals surface area contributed by atoms with Crippen molar-refractivity contribution in [2.75, 3.05) is 10.6 Å². The molecule has 0 bridgehead atoms. The average molecular weight is 352 g/mol. The average Bonchev–Trinajstić information content (AvgIpc) is 2.89. The summed E-state index contributed by atoms with van der Waals surface area (Å²) in [5.41, 5.74) is 2.92. The van der Waals surface area contributed by atoms with Crippen molar-refractivity contribution in [1.82, 2.24) is 10.2 Å². The van der Waals surface area contributed by atoms with Crippen molar-refractivity contribution in [1.29, 1.82) is 0 Å². The van der Waals surface area contributed by atoms with Crippen LogP contribution in [0.4, 0.5) is 15.6 Å². The monoisotopic (exact) mass is 352 g/mol. The van der Waals surface area contributed by atoms with E-state index in [-0.39, 0.29) is 0 Å². The molecule has 0 aliphatic carbocycles.